The molecule has 0 fully saturated rings. The number of hydrogen-bond acceptors (Lipinski definition) is 6. The number of benzene rings is 1. The minimum absolute atomic E-state index is 0.0528. The van der Waals surface area contributed by atoms with E-state index in [0.717, 1.165) is 11.5 Å². The molecule has 0 saturated heterocycles. The Morgan fingerprint density at radius 3 is 3.06 bits per heavy atom. The highest BCUT2D eigenvalue weighted by molar-refractivity contribution is 7.10. The fraction of sp³-hybridized carbons (Fsp3) is 0.111. The zero-order chi connectivity index (χ0) is 12.3. The van der Waals surface area contributed by atoms with Crippen molar-refractivity contribution in [1.82, 2.24) is 9.59 Å². The Bertz CT molecular complexity index is 521. The van der Waals surface area contributed by atoms with Crippen molar-refractivity contribution in [2.24, 2.45) is 5.84 Å². The normalized spacial score (nSPS) is 10.3. The molecule has 0 saturated carbocycles. The van der Waals surface area contributed by atoms with Crippen molar-refractivity contribution in [3.63, 3.8) is 0 Å². The van der Waals surface area contributed by atoms with E-state index in [1.807, 2.05) is 0 Å². The number of nitrogens with one attached hydrogen (secondary N) is 1. The highest BCUT2D eigenvalue weighted by Gasteiger charge is 2.08. The van der Waals surface area contributed by atoms with Crippen LogP contribution in [0.2, 0.25) is 5.02 Å². The zero-order valence-electron chi connectivity index (χ0n) is 8.48. The number of anilines is 1. The monoisotopic (exact) mass is 274 g/mol. The molecule has 5 nitrogen and oxygen atoms in total. The van der Waals surface area contributed by atoms with E-state index in [1.54, 1.807) is 6.07 Å². The second-order valence-electron chi connectivity index (χ2n) is 3.06. The maximum absolute atomic E-state index is 13.1. The third kappa shape index (κ3) is 2.82. The van der Waals surface area contributed by atoms with Gasteiger partial charge in [0.1, 0.15) is 23.9 Å². The number of rotatable bonds is 4. The van der Waals surface area contributed by atoms with Gasteiger partial charge in [-0.2, -0.15) is 0 Å². The van der Waals surface area contributed by atoms with Gasteiger partial charge in [-0.1, -0.05) is 16.1 Å². The standard InChI is InChI=1S/C9H8ClFN4OS/c10-6-2-1-5(3-7(6)11)16-4-8-9(13-12)17-15-14-8/h1-3,13H,4,12H2. The van der Waals surface area contributed by atoms with E-state index in [2.05, 4.69) is 15.0 Å². The summed E-state index contributed by atoms with van der Waals surface area (Å²) in [5.74, 6) is 5.09. The Hall–Kier alpha value is -1.44. The second-order valence-corrected chi connectivity index (χ2v) is 4.22. The van der Waals surface area contributed by atoms with Gasteiger partial charge in [0.25, 0.3) is 0 Å². The molecule has 1 heterocycles. The van der Waals surface area contributed by atoms with Crippen LogP contribution in [0, 0.1) is 5.82 Å². The molecular formula is C9H8ClFN4OS. The number of nitrogen functional groups attached to an aromatic ring is 1. The van der Waals surface area contributed by atoms with Gasteiger partial charge in [-0.15, -0.1) is 5.10 Å². The summed E-state index contributed by atoms with van der Waals surface area (Å²) in [4.78, 5) is 0. The van der Waals surface area contributed by atoms with Crippen LogP contribution in [-0.4, -0.2) is 9.59 Å². The molecule has 2 aromatic rings. The van der Waals surface area contributed by atoms with Crippen molar-refractivity contribution in [3.8, 4) is 5.75 Å². The lowest BCUT2D eigenvalue weighted by atomic mass is 10.3. The van der Waals surface area contributed by atoms with Crippen LogP contribution in [0.15, 0.2) is 18.2 Å². The maximum atomic E-state index is 13.1. The van der Waals surface area contributed by atoms with Crippen LogP contribution in [0.4, 0.5) is 9.39 Å². The van der Waals surface area contributed by atoms with Gasteiger partial charge in [-0.05, 0) is 12.1 Å². The predicted molar refractivity (Wildman–Crippen MR) is 63.5 cm³/mol. The van der Waals surface area contributed by atoms with Gasteiger partial charge in [0.05, 0.1) is 5.02 Å². The number of nitrogens with two attached hydrogens (primary N) is 1. The average Bonchev–Trinajstić information content (AvgIpc) is 2.78. The fourth-order valence-corrected chi connectivity index (χ4v) is 1.73. The summed E-state index contributed by atoms with van der Waals surface area (Å²) in [6.45, 7) is 0.150. The molecule has 2 rings (SSSR count). The highest BCUT2D eigenvalue weighted by Crippen LogP contribution is 2.22. The molecule has 0 atom stereocenters. The van der Waals surface area contributed by atoms with Crippen LogP contribution in [0.1, 0.15) is 5.69 Å². The SMILES string of the molecule is NNc1snnc1COc1ccc(Cl)c(F)c1. The van der Waals surface area contributed by atoms with Gasteiger partial charge in [0.2, 0.25) is 0 Å². The molecule has 1 aromatic heterocycles. The van der Waals surface area contributed by atoms with E-state index in [9.17, 15) is 4.39 Å². The van der Waals surface area contributed by atoms with Crippen molar-refractivity contribution in [1.29, 1.82) is 0 Å². The van der Waals surface area contributed by atoms with E-state index in [-0.39, 0.29) is 11.6 Å². The van der Waals surface area contributed by atoms with Crippen molar-refractivity contribution in [2.75, 3.05) is 5.43 Å². The van der Waals surface area contributed by atoms with E-state index in [1.165, 1.54) is 12.1 Å². The number of hydrazine groups is 1. The third-order valence-corrected chi connectivity index (χ3v) is 2.96. The van der Waals surface area contributed by atoms with Gasteiger partial charge in [0, 0.05) is 17.6 Å². The first-order valence-electron chi connectivity index (χ1n) is 4.56. The molecule has 0 aliphatic rings. The van der Waals surface area contributed by atoms with Crippen LogP contribution in [0.3, 0.4) is 0 Å². The van der Waals surface area contributed by atoms with E-state index in [0.29, 0.717) is 16.4 Å². The molecule has 8 heteroatoms. The topological polar surface area (TPSA) is 73.1 Å². The highest BCUT2D eigenvalue weighted by atomic mass is 35.5. The zero-order valence-corrected chi connectivity index (χ0v) is 10.1. The molecular weight excluding hydrogens is 267 g/mol. The summed E-state index contributed by atoms with van der Waals surface area (Å²) >= 11 is 6.67. The van der Waals surface area contributed by atoms with E-state index >= 15 is 0 Å². The quantitative estimate of drug-likeness (QED) is 0.660. The van der Waals surface area contributed by atoms with Gasteiger partial charge in [-0.25, -0.2) is 10.2 Å². The van der Waals surface area contributed by atoms with E-state index in [4.69, 9.17) is 22.2 Å². The average molecular weight is 275 g/mol. The number of halogens is 2. The van der Waals surface area contributed by atoms with Crippen LogP contribution in [0.5, 0.6) is 5.75 Å². The molecule has 3 N–H and O–H groups in total. The van der Waals surface area contributed by atoms with Crippen molar-refractivity contribution >= 4 is 28.1 Å². The Morgan fingerprint density at radius 1 is 1.53 bits per heavy atom. The van der Waals surface area contributed by atoms with Crippen molar-refractivity contribution in [3.05, 3.63) is 34.7 Å². The Kier molecular flexibility index (Phi) is 3.72. The minimum Gasteiger partial charge on any atom is -0.487 e. The van der Waals surface area contributed by atoms with Crippen molar-refractivity contribution < 1.29 is 9.13 Å². The second kappa shape index (κ2) is 5.26. The van der Waals surface area contributed by atoms with Crippen LogP contribution < -0.4 is 16.0 Å². The predicted octanol–water partition coefficient (Wildman–Crippen LogP) is 2.20. The lowest BCUT2D eigenvalue weighted by molar-refractivity contribution is 0.300. The molecule has 0 amide bonds. The summed E-state index contributed by atoms with van der Waals surface area (Å²) in [6, 6.07) is 4.20. The van der Waals surface area contributed by atoms with Crippen LogP contribution >= 0.6 is 23.1 Å². The molecule has 90 valence electrons. The minimum atomic E-state index is -0.530. The molecule has 0 aliphatic carbocycles. The molecule has 0 spiro atoms. The number of aromatic nitrogens is 2. The first-order valence-corrected chi connectivity index (χ1v) is 5.71. The summed E-state index contributed by atoms with van der Waals surface area (Å²) in [5.41, 5.74) is 3.01. The summed E-state index contributed by atoms with van der Waals surface area (Å²) in [6.07, 6.45) is 0. The molecule has 0 radical (unpaired) electrons. The maximum Gasteiger partial charge on any atom is 0.150 e. The Morgan fingerprint density at radius 2 is 2.35 bits per heavy atom. The van der Waals surface area contributed by atoms with Crippen LogP contribution in [-0.2, 0) is 6.61 Å². The van der Waals surface area contributed by atoms with Gasteiger partial charge < -0.3 is 10.2 Å². The molecule has 17 heavy (non-hydrogen) atoms. The van der Waals surface area contributed by atoms with Gasteiger partial charge in [0.15, 0.2) is 5.00 Å². The first kappa shape index (κ1) is 12.0. The Labute approximate surface area is 105 Å². The summed E-state index contributed by atoms with van der Waals surface area (Å²) < 4.78 is 22.2. The van der Waals surface area contributed by atoms with Gasteiger partial charge in [-0.3, -0.25) is 0 Å². The van der Waals surface area contributed by atoms with Crippen LogP contribution in [0.25, 0.3) is 0 Å². The molecule has 0 aliphatic heterocycles. The fourth-order valence-electron chi connectivity index (χ4n) is 1.13. The molecule has 1 aromatic carbocycles. The number of nitrogens with zero attached hydrogens (tertiary/aromatic N) is 2. The lowest BCUT2D eigenvalue weighted by Crippen LogP contribution is -2.08. The smallest absolute Gasteiger partial charge is 0.150 e. The first-order chi connectivity index (χ1) is 8.20. The molecule has 0 bridgehead atoms. The third-order valence-electron chi connectivity index (χ3n) is 1.95. The number of hydrogen-bond donors (Lipinski definition) is 2. The van der Waals surface area contributed by atoms with Gasteiger partial charge >= 0.3 is 0 Å². The summed E-state index contributed by atoms with van der Waals surface area (Å²) in [7, 11) is 0. The van der Waals surface area contributed by atoms with E-state index < -0.39 is 5.82 Å². The van der Waals surface area contributed by atoms with Crippen molar-refractivity contribution in [2.45, 2.75) is 6.61 Å². The largest absolute Gasteiger partial charge is 0.487 e. The summed E-state index contributed by atoms with van der Waals surface area (Å²) in [5, 5.41) is 4.49. The molecule has 0 unspecified atom stereocenters. The Balaban J connectivity index is 2.05. The lowest BCUT2D eigenvalue weighted by Gasteiger charge is -2.05. The number of ether oxygens (including phenoxy) is 1.